The van der Waals surface area contributed by atoms with Crippen molar-refractivity contribution in [2.24, 2.45) is 0 Å². The number of rotatable bonds is 3. The average Bonchev–Trinajstić information content (AvgIpc) is 2.31. The van der Waals surface area contributed by atoms with Crippen LogP contribution in [0.15, 0.2) is 6.33 Å². The Bertz CT molecular complexity index is 356. The number of halogens is 1. The first-order valence-electron chi connectivity index (χ1n) is 5.20. The van der Waals surface area contributed by atoms with E-state index in [-0.39, 0.29) is 0 Å². The van der Waals surface area contributed by atoms with Gasteiger partial charge in [-0.05, 0) is 12.8 Å². The zero-order chi connectivity index (χ0) is 11.4. The van der Waals surface area contributed by atoms with Crippen LogP contribution < -0.4 is 10.1 Å². The number of hydrogen-bond donors (Lipinski definition) is 1. The van der Waals surface area contributed by atoms with Gasteiger partial charge in [-0.15, -0.1) is 0 Å². The zero-order valence-electron chi connectivity index (χ0n) is 9.07. The maximum absolute atomic E-state index is 5.91. The lowest BCUT2D eigenvalue weighted by atomic mass is 10.1. The molecule has 6 heteroatoms. The van der Waals surface area contributed by atoms with Crippen LogP contribution in [0.2, 0.25) is 5.15 Å². The summed E-state index contributed by atoms with van der Waals surface area (Å²) in [4.78, 5) is 8.00. The van der Waals surface area contributed by atoms with E-state index in [9.17, 15) is 0 Å². The highest BCUT2D eigenvalue weighted by molar-refractivity contribution is 6.31. The number of ether oxygens (including phenoxy) is 2. The highest BCUT2D eigenvalue weighted by Crippen LogP contribution is 2.29. The van der Waals surface area contributed by atoms with Crippen LogP contribution in [0.5, 0.6) is 5.75 Å². The van der Waals surface area contributed by atoms with Crippen molar-refractivity contribution >= 4 is 17.4 Å². The normalized spacial score (nSPS) is 17.1. The van der Waals surface area contributed by atoms with Crippen LogP contribution in [0, 0.1) is 0 Å². The van der Waals surface area contributed by atoms with Gasteiger partial charge >= 0.3 is 0 Å². The van der Waals surface area contributed by atoms with E-state index in [4.69, 9.17) is 21.1 Å². The second kappa shape index (κ2) is 5.32. The SMILES string of the molecule is COc1c(Cl)ncnc1NC1CCOCC1. The number of anilines is 1. The Balaban J connectivity index is 2.10. The first-order chi connectivity index (χ1) is 7.81. The summed E-state index contributed by atoms with van der Waals surface area (Å²) in [7, 11) is 1.56. The molecule has 0 saturated carbocycles. The Kier molecular flexibility index (Phi) is 3.79. The third kappa shape index (κ3) is 2.54. The van der Waals surface area contributed by atoms with Crippen LogP contribution in [0.3, 0.4) is 0 Å². The number of nitrogens with zero attached hydrogens (tertiary/aromatic N) is 2. The van der Waals surface area contributed by atoms with Gasteiger partial charge in [-0.25, -0.2) is 9.97 Å². The van der Waals surface area contributed by atoms with Gasteiger partial charge < -0.3 is 14.8 Å². The molecule has 5 nitrogen and oxygen atoms in total. The Morgan fingerprint density at radius 1 is 1.44 bits per heavy atom. The summed E-state index contributed by atoms with van der Waals surface area (Å²) in [5, 5.41) is 3.63. The predicted octanol–water partition coefficient (Wildman–Crippen LogP) is 1.73. The molecule has 0 unspecified atom stereocenters. The molecule has 0 aliphatic carbocycles. The van der Waals surface area contributed by atoms with Crippen LogP contribution in [0.1, 0.15) is 12.8 Å². The monoisotopic (exact) mass is 243 g/mol. The minimum absolute atomic E-state index is 0.326. The third-order valence-electron chi connectivity index (χ3n) is 2.53. The molecule has 0 bridgehead atoms. The van der Waals surface area contributed by atoms with E-state index in [0.29, 0.717) is 22.8 Å². The molecule has 1 aromatic rings. The lowest BCUT2D eigenvalue weighted by molar-refractivity contribution is 0.0903. The van der Waals surface area contributed by atoms with Gasteiger partial charge in [-0.1, -0.05) is 11.6 Å². The van der Waals surface area contributed by atoms with Crippen LogP contribution in [0.25, 0.3) is 0 Å². The fourth-order valence-electron chi connectivity index (χ4n) is 1.67. The van der Waals surface area contributed by atoms with Gasteiger partial charge in [0, 0.05) is 19.3 Å². The molecule has 1 saturated heterocycles. The smallest absolute Gasteiger partial charge is 0.198 e. The lowest BCUT2D eigenvalue weighted by Crippen LogP contribution is -2.28. The van der Waals surface area contributed by atoms with Gasteiger partial charge in [0.1, 0.15) is 6.33 Å². The van der Waals surface area contributed by atoms with Gasteiger partial charge in [0.15, 0.2) is 16.7 Å². The van der Waals surface area contributed by atoms with Crippen LogP contribution in [-0.2, 0) is 4.74 Å². The predicted molar refractivity (Wildman–Crippen MR) is 61.1 cm³/mol. The van der Waals surface area contributed by atoms with E-state index in [1.807, 2.05) is 0 Å². The van der Waals surface area contributed by atoms with Crippen molar-refractivity contribution in [2.75, 3.05) is 25.6 Å². The molecule has 16 heavy (non-hydrogen) atoms. The standard InChI is InChI=1S/C10H14ClN3O2/c1-15-8-9(11)12-6-13-10(8)14-7-2-4-16-5-3-7/h6-7H,2-5H2,1H3,(H,12,13,14). The molecule has 2 rings (SSSR count). The molecule has 1 aliphatic heterocycles. The van der Waals surface area contributed by atoms with Gasteiger partial charge in [-0.3, -0.25) is 0 Å². The molecule has 0 spiro atoms. The fraction of sp³-hybridized carbons (Fsp3) is 0.600. The molecular weight excluding hydrogens is 230 g/mol. The molecule has 0 radical (unpaired) electrons. The molecule has 0 amide bonds. The maximum atomic E-state index is 5.91. The van der Waals surface area contributed by atoms with E-state index < -0.39 is 0 Å². The molecule has 1 fully saturated rings. The van der Waals surface area contributed by atoms with E-state index in [0.717, 1.165) is 26.1 Å². The van der Waals surface area contributed by atoms with Crippen molar-refractivity contribution < 1.29 is 9.47 Å². The van der Waals surface area contributed by atoms with Crippen molar-refractivity contribution in [1.82, 2.24) is 9.97 Å². The van der Waals surface area contributed by atoms with Crippen molar-refractivity contribution in [3.63, 3.8) is 0 Å². The molecule has 88 valence electrons. The average molecular weight is 244 g/mol. The molecule has 1 aliphatic rings. The summed E-state index contributed by atoms with van der Waals surface area (Å²) < 4.78 is 10.5. The first kappa shape index (κ1) is 11.4. The highest BCUT2D eigenvalue weighted by atomic mass is 35.5. The fourth-order valence-corrected chi connectivity index (χ4v) is 1.88. The van der Waals surface area contributed by atoms with Gasteiger partial charge in [0.2, 0.25) is 0 Å². The summed E-state index contributed by atoms with van der Waals surface area (Å²) in [6, 6.07) is 0.355. The number of aromatic nitrogens is 2. The minimum atomic E-state index is 0.326. The van der Waals surface area contributed by atoms with Crippen molar-refractivity contribution in [3.05, 3.63) is 11.5 Å². The zero-order valence-corrected chi connectivity index (χ0v) is 9.83. The van der Waals surface area contributed by atoms with Gasteiger partial charge in [-0.2, -0.15) is 0 Å². The summed E-state index contributed by atoms with van der Waals surface area (Å²) >= 11 is 5.91. The van der Waals surface area contributed by atoms with Gasteiger partial charge in [0.05, 0.1) is 7.11 Å². The molecule has 0 atom stereocenters. The Morgan fingerprint density at radius 3 is 2.88 bits per heavy atom. The quantitative estimate of drug-likeness (QED) is 0.820. The first-order valence-corrected chi connectivity index (χ1v) is 5.58. The minimum Gasteiger partial charge on any atom is -0.490 e. The topological polar surface area (TPSA) is 56.3 Å². The largest absolute Gasteiger partial charge is 0.490 e. The highest BCUT2D eigenvalue weighted by Gasteiger charge is 2.17. The molecule has 2 heterocycles. The Morgan fingerprint density at radius 2 is 2.19 bits per heavy atom. The number of nitrogens with one attached hydrogen (secondary N) is 1. The van der Waals surface area contributed by atoms with Crippen LogP contribution >= 0.6 is 11.6 Å². The van der Waals surface area contributed by atoms with E-state index >= 15 is 0 Å². The van der Waals surface area contributed by atoms with Crippen LogP contribution in [0.4, 0.5) is 5.82 Å². The third-order valence-corrected chi connectivity index (χ3v) is 2.80. The van der Waals surface area contributed by atoms with E-state index in [2.05, 4.69) is 15.3 Å². The molecule has 0 aromatic carbocycles. The number of methoxy groups -OCH3 is 1. The van der Waals surface area contributed by atoms with Crippen LogP contribution in [-0.4, -0.2) is 36.3 Å². The van der Waals surface area contributed by atoms with Gasteiger partial charge in [0.25, 0.3) is 0 Å². The lowest BCUT2D eigenvalue weighted by Gasteiger charge is -2.24. The van der Waals surface area contributed by atoms with E-state index in [1.165, 1.54) is 6.33 Å². The summed E-state index contributed by atoms with van der Waals surface area (Å²) in [6.07, 6.45) is 3.35. The van der Waals surface area contributed by atoms with Crippen molar-refractivity contribution in [2.45, 2.75) is 18.9 Å². The Hall–Kier alpha value is -1.07. The summed E-state index contributed by atoms with van der Waals surface area (Å²) in [5.41, 5.74) is 0. The van der Waals surface area contributed by atoms with E-state index in [1.54, 1.807) is 7.11 Å². The van der Waals surface area contributed by atoms with Crippen molar-refractivity contribution in [1.29, 1.82) is 0 Å². The molecule has 1 aromatic heterocycles. The number of hydrogen-bond acceptors (Lipinski definition) is 5. The molecular formula is C10H14ClN3O2. The summed E-state index contributed by atoms with van der Waals surface area (Å²) in [5.74, 6) is 1.14. The molecule has 1 N–H and O–H groups in total. The van der Waals surface area contributed by atoms with Crippen molar-refractivity contribution in [3.8, 4) is 5.75 Å². The Labute approximate surface area is 99.1 Å². The maximum Gasteiger partial charge on any atom is 0.198 e. The second-order valence-corrected chi connectivity index (χ2v) is 3.94. The summed E-state index contributed by atoms with van der Waals surface area (Å²) in [6.45, 7) is 1.55. The second-order valence-electron chi connectivity index (χ2n) is 3.58.